The molecule has 0 unspecified atom stereocenters. The Kier molecular flexibility index (Phi) is 3.39. The lowest BCUT2D eigenvalue weighted by atomic mass is 10.0. The summed E-state index contributed by atoms with van der Waals surface area (Å²) in [6.07, 6.45) is 1.01. The summed E-state index contributed by atoms with van der Waals surface area (Å²) in [6, 6.07) is 2.76. The minimum absolute atomic E-state index is 0.174. The number of hydrogen-bond acceptors (Lipinski definition) is 0. The Morgan fingerprint density at radius 1 is 1.36 bits per heavy atom. The summed E-state index contributed by atoms with van der Waals surface area (Å²) in [5.74, 6) is -0.888. The molecule has 76 valence electrons. The van der Waals surface area contributed by atoms with Gasteiger partial charge in [-0.2, -0.15) is 0 Å². The molecule has 0 N–H and O–H groups in total. The van der Waals surface area contributed by atoms with Crippen LogP contribution in [-0.4, -0.2) is 0 Å². The van der Waals surface area contributed by atoms with E-state index in [1.807, 2.05) is 6.92 Å². The molecule has 0 aliphatic carbocycles. The monoisotopic (exact) mass is 196 g/mol. The van der Waals surface area contributed by atoms with Crippen molar-refractivity contribution in [3.8, 4) is 0 Å². The Morgan fingerprint density at radius 2 is 2.00 bits per heavy atom. The number of allylic oxidation sites excluding steroid dienone is 1. The summed E-state index contributed by atoms with van der Waals surface area (Å²) < 4.78 is 26.7. The van der Waals surface area contributed by atoms with Crippen molar-refractivity contribution in [2.45, 2.75) is 26.7 Å². The van der Waals surface area contributed by atoms with Crippen molar-refractivity contribution in [1.82, 2.24) is 0 Å². The lowest BCUT2D eigenvalue weighted by Crippen LogP contribution is -1.98. The maximum absolute atomic E-state index is 13.4. The zero-order valence-electron chi connectivity index (χ0n) is 8.53. The number of aryl methyl sites for hydroxylation is 1. The van der Waals surface area contributed by atoms with Crippen LogP contribution in [-0.2, 0) is 6.42 Å². The highest BCUT2D eigenvalue weighted by Crippen LogP contribution is 2.18. The molecule has 0 saturated heterocycles. The van der Waals surface area contributed by atoms with Crippen LogP contribution in [0.15, 0.2) is 24.3 Å². The molecule has 0 saturated carbocycles. The predicted molar refractivity (Wildman–Crippen MR) is 54.2 cm³/mol. The van der Waals surface area contributed by atoms with Gasteiger partial charge < -0.3 is 0 Å². The second-order valence-electron chi connectivity index (χ2n) is 3.61. The molecule has 0 nitrogen and oxygen atoms in total. The van der Waals surface area contributed by atoms with Gasteiger partial charge in [-0.3, -0.25) is 0 Å². The maximum atomic E-state index is 13.4. The zero-order chi connectivity index (χ0) is 10.7. The number of rotatable bonds is 3. The van der Waals surface area contributed by atoms with Crippen LogP contribution in [0.4, 0.5) is 8.78 Å². The third-order valence-corrected chi connectivity index (χ3v) is 2.18. The highest BCUT2D eigenvalue weighted by Gasteiger charge is 2.10. The Morgan fingerprint density at radius 3 is 2.57 bits per heavy atom. The van der Waals surface area contributed by atoms with Gasteiger partial charge in [0.25, 0.3) is 0 Å². The zero-order valence-corrected chi connectivity index (χ0v) is 8.53. The summed E-state index contributed by atoms with van der Waals surface area (Å²) in [7, 11) is 0. The molecule has 0 aromatic heterocycles. The minimum atomic E-state index is -0.464. The SMILES string of the molecule is C=C(C)CCc1c(F)ccc(C)c1F. The average molecular weight is 196 g/mol. The fraction of sp³-hybridized carbons (Fsp3) is 0.333. The third kappa shape index (κ3) is 2.41. The highest BCUT2D eigenvalue weighted by molar-refractivity contribution is 5.27. The van der Waals surface area contributed by atoms with Crippen molar-refractivity contribution < 1.29 is 8.78 Å². The van der Waals surface area contributed by atoms with Crippen LogP contribution in [0.5, 0.6) is 0 Å². The molecule has 0 radical (unpaired) electrons. The topological polar surface area (TPSA) is 0 Å². The Labute approximate surface area is 83.3 Å². The number of hydrogen-bond donors (Lipinski definition) is 0. The van der Waals surface area contributed by atoms with Crippen molar-refractivity contribution in [2.24, 2.45) is 0 Å². The fourth-order valence-electron chi connectivity index (χ4n) is 1.28. The minimum Gasteiger partial charge on any atom is -0.207 e. The Balaban J connectivity index is 2.95. The molecular formula is C12H14F2. The molecular weight excluding hydrogens is 182 g/mol. The summed E-state index contributed by atoms with van der Waals surface area (Å²) in [6.45, 7) is 7.20. The van der Waals surface area contributed by atoms with E-state index in [4.69, 9.17) is 0 Å². The van der Waals surface area contributed by atoms with Gasteiger partial charge in [-0.05, 0) is 38.3 Å². The van der Waals surface area contributed by atoms with Crippen LogP contribution in [0.3, 0.4) is 0 Å². The average Bonchev–Trinajstić information content (AvgIpc) is 2.11. The lowest BCUT2D eigenvalue weighted by molar-refractivity contribution is 0.549. The first-order valence-electron chi connectivity index (χ1n) is 4.60. The molecule has 1 aromatic carbocycles. The van der Waals surface area contributed by atoms with Gasteiger partial charge in [-0.15, -0.1) is 6.58 Å². The first-order valence-corrected chi connectivity index (χ1v) is 4.60. The van der Waals surface area contributed by atoms with Gasteiger partial charge >= 0.3 is 0 Å². The van der Waals surface area contributed by atoms with Gasteiger partial charge in [0.1, 0.15) is 11.6 Å². The van der Waals surface area contributed by atoms with Gasteiger partial charge in [0.05, 0.1) is 0 Å². The molecule has 0 heterocycles. The van der Waals surface area contributed by atoms with Crippen LogP contribution in [0, 0.1) is 18.6 Å². The smallest absolute Gasteiger partial charge is 0.132 e. The van der Waals surface area contributed by atoms with E-state index in [0.717, 1.165) is 5.57 Å². The van der Waals surface area contributed by atoms with Crippen LogP contribution >= 0.6 is 0 Å². The van der Waals surface area contributed by atoms with E-state index in [9.17, 15) is 8.78 Å². The first-order chi connectivity index (χ1) is 6.52. The Hall–Kier alpha value is -1.18. The van der Waals surface area contributed by atoms with Crippen molar-refractivity contribution in [3.05, 3.63) is 47.0 Å². The van der Waals surface area contributed by atoms with Gasteiger partial charge in [-0.1, -0.05) is 11.6 Å². The van der Waals surface area contributed by atoms with Crippen molar-refractivity contribution in [3.63, 3.8) is 0 Å². The van der Waals surface area contributed by atoms with E-state index in [-0.39, 0.29) is 5.56 Å². The molecule has 0 spiro atoms. The highest BCUT2D eigenvalue weighted by atomic mass is 19.1. The summed E-state index contributed by atoms with van der Waals surface area (Å²) in [5, 5.41) is 0. The second-order valence-corrected chi connectivity index (χ2v) is 3.61. The van der Waals surface area contributed by atoms with Gasteiger partial charge in [0.15, 0.2) is 0 Å². The molecule has 0 fully saturated rings. The summed E-state index contributed by atoms with van der Waals surface area (Å²) in [4.78, 5) is 0. The van der Waals surface area contributed by atoms with Crippen molar-refractivity contribution in [1.29, 1.82) is 0 Å². The molecule has 0 atom stereocenters. The fourth-order valence-corrected chi connectivity index (χ4v) is 1.28. The molecule has 0 amide bonds. The van der Waals surface area contributed by atoms with Crippen LogP contribution in [0.2, 0.25) is 0 Å². The van der Waals surface area contributed by atoms with Gasteiger partial charge in [0, 0.05) is 5.56 Å². The van der Waals surface area contributed by atoms with Crippen LogP contribution in [0.1, 0.15) is 24.5 Å². The Bertz CT molecular complexity index is 354. The third-order valence-electron chi connectivity index (χ3n) is 2.18. The van der Waals surface area contributed by atoms with Crippen LogP contribution < -0.4 is 0 Å². The molecule has 1 aromatic rings. The van der Waals surface area contributed by atoms with Gasteiger partial charge in [0.2, 0.25) is 0 Å². The second kappa shape index (κ2) is 4.36. The van der Waals surface area contributed by atoms with E-state index >= 15 is 0 Å². The van der Waals surface area contributed by atoms with Crippen molar-refractivity contribution >= 4 is 0 Å². The summed E-state index contributed by atoms with van der Waals surface area (Å²) >= 11 is 0. The molecule has 0 aliphatic heterocycles. The van der Waals surface area contributed by atoms with E-state index in [2.05, 4.69) is 6.58 Å². The number of benzene rings is 1. The van der Waals surface area contributed by atoms with Crippen LogP contribution in [0.25, 0.3) is 0 Å². The first kappa shape index (κ1) is 10.9. The molecule has 0 aliphatic rings. The molecule has 0 bridgehead atoms. The quantitative estimate of drug-likeness (QED) is 0.645. The normalized spacial score (nSPS) is 10.3. The maximum Gasteiger partial charge on any atom is 0.132 e. The van der Waals surface area contributed by atoms with Gasteiger partial charge in [-0.25, -0.2) is 8.78 Å². The largest absolute Gasteiger partial charge is 0.207 e. The van der Waals surface area contributed by atoms with E-state index in [1.165, 1.54) is 12.1 Å². The van der Waals surface area contributed by atoms with E-state index in [1.54, 1.807) is 6.92 Å². The molecule has 14 heavy (non-hydrogen) atoms. The standard InChI is InChI=1S/C12H14F2/c1-8(2)4-6-10-11(13)7-5-9(3)12(10)14/h5,7H,1,4,6H2,2-3H3. The molecule has 1 rings (SSSR count). The lowest BCUT2D eigenvalue weighted by Gasteiger charge is -2.06. The number of halogens is 2. The molecule has 2 heteroatoms. The van der Waals surface area contributed by atoms with E-state index < -0.39 is 11.6 Å². The van der Waals surface area contributed by atoms with E-state index in [0.29, 0.717) is 18.4 Å². The van der Waals surface area contributed by atoms with Crippen molar-refractivity contribution in [2.75, 3.05) is 0 Å². The predicted octanol–water partition coefficient (Wildman–Crippen LogP) is 3.78. The summed E-state index contributed by atoms with van der Waals surface area (Å²) in [5.41, 5.74) is 1.60.